The second-order valence-corrected chi connectivity index (χ2v) is 5.75. The Labute approximate surface area is 126 Å². The van der Waals surface area contributed by atoms with Crippen LogP contribution < -0.4 is 5.32 Å². The molecule has 1 amide bonds. The van der Waals surface area contributed by atoms with Gasteiger partial charge in [-0.2, -0.15) is 0 Å². The first-order chi connectivity index (χ1) is 10.1. The molecule has 0 saturated heterocycles. The van der Waals surface area contributed by atoms with Gasteiger partial charge in [-0.25, -0.2) is 4.79 Å². The Morgan fingerprint density at radius 2 is 2.05 bits per heavy atom. The predicted octanol–water partition coefficient (Wildman–Crippen LogP) is 2.11. The minimum Gasteiger partial charge on any atom is -0.451 e. The van der Waals surface area contributed by atoms with E-state index in [4.69, 9.17) is 9.47 Å². The second kappa shape index (κ2) is 7.07. The molecule has 1 aliphatic heterocycles. The maximum atomic E-state index is 12.5. The van der Waals surface area contributed by atoms with E-state index in [2.05, 4.69) is 5.32 Å². The number of hydrogen-bond donors (Lipinski definition) is 1. The van der Waals surface area contributed by atoms with Crippen molar-refractivity contribution in [2.75, 3.05) is 19.8 Å². The summed E-state index contributed by atoms with van der Waals surface area (Å²) in [5, 5.41) is 2.90. The van der Waals surface area contributed by atoms with Crippen molar-refractivity contribution in [2.45, 2.75) is 58.0 Å². The van der Waals surface area contributed by atoms with Gasteiger partial charge in [0.15, 0.2) is 0 Å². The summed E-state index contributed by atoms with van der Waals surface area (Å²) in [5.41, 5.74) is 0.367. The summed E-state index contributed by atoms with van der Waals surface area (Å²) in [7, 11) is 0. The third kappa shape index (κ3) is 3.46. The van der Waals surface area contributed by atoms with Crippen LogP contribution in [0.25, 0.3) is 0 Å². The molecule has 0 aromatic heterocycles. The zero-order chi connectivity index (χ0) is 15.3. The molecular weight excluding hydrogens is 270 g/mol. The van der Waals surface area contributed by atoms with Crippen LogP contribution in [-0.2, 0) is 19.1 Å². The summed E-state index contributed by atoms with van der Waals surface area (Å²) < 4.78 is 10.8. The SMILES string of the molecule is CCOCCCNC(=O)C1=C(C)C(=O)OC12CCCCC2. The van der Waals surface area contributed by atoms with Crippen LogP contribution in [0.2, 0.25) is 0 Å². The van der Waals surface area contributed by atoms with Gasteiger partial charge in [-0.15, -0.1) is 0 Å². The van der Waals surface area contributed by atoms with Crippen LogP contribution in [0, 0.1) is 0 Å². The van der Waals surface area contributed by atoms with Gasteiger partial charge < -0.3 is 14.8 Å². The van der Waals surface area contributed by atoms with Crippen molar-refractivity contribution in [1.29, 1.82) is 0 Å². The minimum absolute atomic E-state index is 0.156. The Morgan fingerprint density at radius 3 is 2.71 bits per heavy atom. The molecule has 1 aliphatic carbocycles. The van der Waals surface area contributed by atoms with Crippen molar-refractivity contribution in [2.24, 2.45) is 0 Å². The number of esters is 1. The highest BCUT2D eigenvalue weighted by Gasteiger charge is 2.49. The molecule has 1 spiro atoms. The Hall–Kier alpha value is -1.36. The lowest BCUT2D eigenvalue weighted by atomic mass is 9.78. The van der Waals surface area contributed by atoms with Gasteiger partial charge in [-0.05, 0) is 46.0 Å². The van der Waals surface area contributed by atoms with Crippen LogP contribution in [0.4, 0.5) is 0 Å². The number of ether oxygens (including phenoxy) is 2. The lowest BCUT2D eigenvalue weighted by molar-refractivity contribution is -0.149. The lowest BCUT2D eigenvalue weighted by Crippen LogP contribution is -2.41. The Balaban J connectivity index is 2.00. The molecule has 2 aliphatic rings. The normalized spacial score (nSPS) is 20.8. The van der Waals surface area contributed by atoms with E-state index in [1.165, 1.54) is 0 Å². The van der Waals surface area contributed by atoms with E-state index in [1.54, 1.807) is 6.92 Å². The smallest absolute Gasteiger partial charge is 0.335 e. The summed E-state index contributed by atoms with van der Waals surface area (Å²) >= 11 is 0. The summed E-state index contributed by atoms with van der Waals surface area (Å²) in [6, 6.07) is 0. The van der Waals surface area contributed by atoms with E-state index < -0.39 is 5.60 Å². The van der Waals surface area contributed by atoms with Crippen LogP contribution >= 0.6 is 0 Å². The monoisotopic (exact) mass is 295 g/mol. The zero-order valence-electron chi connectivity index (χ0n) is 13.0. The molecule has 21 heavy (non-hydrogen) atoms. The van der Waals surface area contributed by atoms with Crippen molar-refractivity contribution in [3.05, 3.63) is 11.1 Å². The minimum atomic E-state index is -0.663. The summed E-state index contributed by atoms with van der Waals surface area (Å²) in [4.78, 5) is 24.4. The van der Waals surface area contributed by atoms with Crippen LogP contribution in [0.3, 0.4) is 0 Å². The summed E-state index contributed by atoms with van der Waals surface area (Å²) in [5.74, 6) is -0.492. The molecule has 1 N–H and O–H groups in total. The van der Waals surface area contributed by atoms with E-state index in [-0.39, 0.29) is 11.9 Å². The largest absolute Gasteiger partial charge is 0.451 e. The van der Waals surface area contributed by atoms with Crippen molar-refractivity contribution in [3.8, 4) is 0 Å². The van der Waals surface area contributed by atoms with Gasteiger partial charge in [0.05, 0.1) is 5.57 Å². The number of hydrogen-bond acceptors (Lipinski definition) is 4. The summed E-state index contributed by atoms with van der Waals surface area (Å²) in [6.45, 7) is 5.51. The van der Waals surface area contributed by atoms with Gasteiger partial charge in [0.25, 0.3) is 5.91 Å². The molecule has 0 radical (unpaired) electrons. The lowest BCUT2D eigenvalue weighted by Gasteiger charge is -2.34. The molecule has 5 nitrogen and oxygen atoms in total. The zero-order valence-corrected chi connectivity index (χ0v) is 13.0. The van der Waals surface area contributed by atoms with Gasteiger partial charge in [0.2, 0.25) is 0 Å². The molecule has 0 aromatic carbocycles. The molecule has 0 atom stereocenters. The van der Waals surface area contributed by atoms with Gasteiger partial charge in [-0.3, -0.25) is 4.79 Å². The van der Waals surface area contributed by atoms with Crippen molar-refractivity contribution in [3.63, 3.8) is 0 Å². The Morgan fingerprint density at radius 1 is 1.33 bits per heavy atom. The average Bonchev–Trinajstić information content (AvgIpc) is 2.70. The van der Waals surface area contributed by atoms with E-state index in [9.17, 15) is 9.59 Å². The van der Waals surface area contributed by atoms with Crippen molar-refractivity contribution < 1.29 is 19.1 Å². The Bertz CT molecular complexity index is 436. The third-order valence-corrected chi connectivity index (χ3v) is 4.27. The van der Waals surface area contributed by atoms with E-state index >= 15 is 0 Å². The molecule has 1 fully saturated rings. The highest BCUT2D eigenvalue weighted by molar-refractivity contribution is 6.07. The number of amides is 1. The highest BCUT2D eigenvalue weighted by Crippen LogP contribution is 2.43. The maximum absolute atomic E-state index is 12.5. The first-order valence-electron chi connectivity index (χ1n) is 7.91. The number of carbonyl (C=O) groups excluding carboxylic acids is 2. The predicted molar refractivity (Wildman–Crippen MR) is 78.7 cm³/mol. The van der Waals surface area contributed by atoms with E-state index in [0.29, 0.717) is 30.9 Å². The van der Waals surface area contributed by atoms with Crippen LogP contribution in [0.5, 0.6) is 0 Å². The topological polar surface area (TPSA) is 64.6 Å². The van der Waals surface area contributed by atoms with Crippen LogP contribution in [0.15, 0.2) is 11.1 Å². The molecule has 118 valence electrons. The molecule has 2 rings (SSSR count). The maximum Gasteiger partial charge on any atom is 0.335 e. The standard InChI is InChI=1S/C16H25NO4/c1-3-20-11-7-10-17-14(18)13-12(2)15(19)21-16(13)8-5-4-6-9-16/h3-11H2,1-2H3,(H,17,18). The van der Waals surface area contributed by atoms with Crippen LogP contribution in [-0.4, -0.2) is 37.2 Å². The number of nitrogens with one attached hydrogen (secondary N) is 1. The first kappa shape index (κ1) is 16.0. The Kier molecular flexibility index (Phi) is 5.39. The quantitative estimate of drug-likeness (QED) is 0.602. The fraction of sp³-hybridized carbons (Fsp3) is 0.750. The molecule has 0 unspecified atom stereocenters. The number of carbonyl (C=O) groups is 2. The summed E-state index contributed by atoms with van der Waals surface area (Å²) in [6.07, 6.45) is 5.44. The molecule has 0 aromatic rings. The molecule has 5 heteroatoms. The second-order valence-electron chi connectivity index (χ2n) is 5.75. The van der Waals surface area contributed by atoms with E-state index in [1.807, 2.05) is 6.92 Å². The van der Waals surface area contributed by atoms with Crippen molar-refractivity contribution >= 4 is 11.9 Å². The fourth-order valence-electron chi connectivity index (χ4n) is 3.21. The highest BCUT2D eigenvalue weighted by atomic mass is 16.6. The molecule has 0 bridgehead atoms. The van der Waals surface area contributed by atoms with E-state index in [0.717, 1.165) is 38.5 Å². The molecular formula is C16H25NO4. The number of rotatable bonds is 6. The van der Waals surface area contributed by atoms with Gasteiger partial charge in [0.1, 0.15) is 5.60 Å². The molecule has 1 heterocycles. The molecule has 1 saturated carbocycles. The van der Waals surface area contributed by atoms with Gasteiger partial charge >= 0.3 is 5.97 Å². The van der Waals surface area contributed by atoms with Crippen LogP contribution in [0.1, 0.15) is 52.4 Å². The van der Waals surface area contributed by atoms with Gasteiger partial charge in [-0.1, -0.05) is 6.42 Å². The fourth-order valence-corrected chi connectivity index (χ4v) is 3.21. The average molecular weight is 295 g/mol. The van der Waals surface area contributed by atoms with Crippen molar-refractivity contribution in [1.82, 2.24) is 5.32 Å². The van der Waals surface area contributed by atoms with Gasteiger partial charge in [0, 0.05) is 25.3 Å². The first-order valence-corrected chi connectivity index (χ1v) is 7.91. The third-order valence-electron chi connectivity index (χ3n) is 4.27.